The third kappa shape index (κ3) is 1.35. The van der Waals surface area contributed by atoms with Crippen LogP contribution in [0.15, 0.2) is 12.4 Å². The fraction of sp³-hybridized carbons (Fsp3) is 0.444. The minimum Gasteiger partial charge on any atom is -0.324 e. The Morgan fingerprint density at radius 2 is 2.33 bits per heavy atom. The molecule has 0 aromatic carbocycles. The first-order valence-electron chi connectivity index (χ1n) is 4.17. The van der Waals surface area contributed by atoms with E-state index < -0.39 is 0 Å². The van der Waals surface area contributed by atoms with Crippen molar-refractivity contribution in [2.75, 3.05) is 0 Å². The lowest BCUT2D eigenvalue weighted by molar-refractivity contribution is 0.566. The van der Waals surface area contributed by atoms with Crippen molar-refractivity contribution in [3.63, 3.8) is 0 Å². The molecule has 2 N–H and O–H groups in total. The molecule has 0 unspecified atom stereocenters. The Hall–Kier alpha value is -0.160. The van der Waals surface area contributed by atoms with E-state index in [0.717, 1.165) is 6.42 Å². The monoisotopic (exact) mass is 274 g/mol. The maximum atomic E-state index is 5.97. The summed E-state index contributed by atoms with van der Waals surface area (Å²) in [6.45, 7) is 0. The van der Waals surface area contributed by atoms with Crippen molar-refractivity contribution >= 4 is 22.6 Å². The first-order chi connectivity index (χ1) is 5.79. The fourth-order valence-electron chi connectivity index (χ4n) is 1.71. The first-order valence-corrected chi connectivity index (χ1v) is 5.25. The fourth-order valence-corrected chi connectivity index (χ4v) is 2.46. The van der Waals surface area contributed by atoms with E-state index in [1.165, 1.54) is 27.5 Å². The van der Waals surface area contributed by atoms with Crippen LogP contribution in [0, 0.1) is 3.57 Å². The number of hydrogen-bond acceptors (Lipinski definition) is 2. The van der Waals surface area contributed by atoms with Crippen molar-refractivity contribution in [2.45, 2.75) is 25.3 Å². The SMILES string of the molecule is N[C@@H]1CCCc2c(I)cncc21. The van der Waals surface area contributed by atoms with Gasteiger partial charge in [-0.3, -0.25) is 4.98 Å². The Morgan fingerprint density at radius 3 is 3.08 bits per heavy atom. The average Bonchev–Trinajstić information content (AvgIpc) is 2.07. The number of rotatable bonds is 0. The molecule has 0 saturated heterocycles. The summed E-state index contributed by atoms with van der Waals surface area (Å²) in [6, 6.07) is 0.218. The summed E-state index contributed by atoms with van der Waals surface area (Å²) in [7, 11) is 0. The molecule has 0 radical (unpaired) electrons. The molecule has 0 aliphatic heterocycles. The summed E-state index contributed by atoms with van der Waals surface area (Å²) < 4.78 is 1.26. The lowest BCUT2D eigenvalue weighted by Gasteiger charge is -2.22. The number of nitrogens with zero attached hydrogens (tertiary/aromatic N) is 1. The van der Waals surface area contributed by atoms with Gasteiger partial charge in [0.1, 0.15) is 0 Å². The molecule has 1 aliphatic rings. The van der Waals surface area contributed by atoms with Crippen LogP contribution >= 0.6 is 22.6 Å². The van der Waals surface area contributed by atoms with Crippen molar-refractivity contribution in [3.05, 3.63) is 27.1 Å². The molecule has 1 aromatic rings. The minimum atomic E-state index is 0.218. The van der Waals surface area contributed by atoms with Gasteiger partial charge in [0.2, 0.25) is 0 Å². The highest BCUT2D eigenvalue weighted by atomic mass is 127. The molecule has 64 valence electrons. The van der Waals surface area contributed by atoms with Crippen LogP contribution in [-0.2, 0) is 6.42 Å². The van der Waals surface area contributed by atoms with Gasteiger partial charge in [-0.15, -0.1) is 0 Å². The van der Waals surface area contributed by atoms with E-state index in [4.69, 9.17) is 5.73 Å². The summed E-state index contributed by atoms with van der Waals surface area (Å²) in [5, 5.41) is 0. The Balaban J connectivity index is 2.52. The average molecular weight is 274 g/mol. The highest BCUT2D eigenvalue weighted by molar-refractivity contribution is 14.1. The molecule has 12 heavy (non-hydrogen) atoms. The van der Waals surface area contributed by atoms with Crippen molar-refractivity contribution < 1.29 is 0 Å². The van der Waals surface area contributed by atoms with Gasteiger partial charge < -0.3 is 5.73 Å². The number of pyridine rings is 1. The molecule has 0 saturated carbocycles. The normalized spacial score (nSPS) is 22.0. The Kier molecular flexibility index (Phi) is 2.32. The van der Waals surface area contributed by atoms with E-state index >= 15 is 0 Å². The highest BCUT2D eigenvalue weighted by Gasteiger charge is 2.18. The van der Waals surface area contributed by atoms with Gasteiger partial charge in [0.15, 0.2) is 0 Å². The van der Waals surface area contributed by atoms with Crippen molar-refractivity contribution in [3.8, 4) is 0 Å². The van der Waals surface area contributed by atoms with Crippen LogP contribution in [0.5, 0.6) is 0 Å². The summed E-state index contributed by atoms with van der Waals surface area (Å²) in [5.74, 6) is 0. The summed E-state index contributed by atoms with van der Waals surface area (Å²) in [4.78, 5) is 4.16. The van der Waals surface area contributed by atoms with Gasteiger partial charge in [0.05, 0.1) is 0 Å². The van der Waals surface area contributed by atoms with Crippen LogP contribution in [0.4, 0.5) is 0 Å². The molecular weight excluding hydrogens is 263 g/mol. The summed E-state index contributed by atoms with van der Waals surface area (Å²) in [6.07, 6.45) is 7.32. The maximum Gasteiger partial charge on any atom is 0.0404 e. The molecule has 0 amide bonds. The van der Waals surface area contributed by atoms with Crippen LogP contribution in [0.2, 0.25) is 0 Å². The van der Waals surface area contributed by atoms with Gasteiger partial charge in [0.25, 0.3) is 0 Å². The molecule has 2 rings (SSSR count). The lowest BCUT2D eigenvalue weighted by Crippen LogP contribution is -2.18. The van der Waals surface area contributed by atoms with E-state index in [0.29, 0.717) is 0 Å². The van der Waals surface area contributed by atoms with Gasteiger partial charge >= 0.3 is 0 Å². The third-order valence-corrected chi connectivity index (χ3v) is 3.31. The number of aromatic nitrogens is 1. The first kappa shape index (κ1) is 8.44. The zero-order valence-electron chi connectivity index (χ0n) is 6.76. The zero-order valence-corrected chi connectivity index (χ0v) is 8.91. The van der Waals surface area contributed by atoms with E-state index in [1.54, 1.807) is 0 Å². The maximum absolute atomic E-state index is 5.97. The van der Waals surface area contributed by atoms with Crippen LogP contribution < -0.4 is 5.73 Å². The second kappa shape index (κ2) is 3.30. The van der Waals surface area contributed by atoms with Crippen LogP contribution in [-0.4, -0.2) is 4.98 Å². The van der Waals surface area contributed by atoms with Gasteiger partial charge in [-0.1, -0.05) is 0 Å². The molecule has 0 spiro atoms. The Labute approximate surface area is 85.7 Å². The molecule has 3 heteroatoms. The van der Waals surface area contributed by atoms with Crippen molar-refractivity contribution in [2.24, 2.45) is 5.73 Å². The number of hydrogen-bond donors (Lipinski definition) is 1. The van der Waals surface area contributed by atoms with E-state index in [-0.39, 0.29) is 6.04 Å². The van der Waals surface area contributed by atoms with Crippen LogP contribution in [0.3, 0.4) is 0 Å². The van der Waals surface area contributed by atoms with Gasteiger partial charge in [-0.05, 0) is 53.0 Å². The van der Waals surface area contributed by atoms with E-state index in [2.05, 4.69) is 27.6 Å². The molecule has 0 fully saturated rings. The number of nitrogens with two attached hydrogens (primary N) is 1. The molecular formula is C9H11IN2. The van der Waals surface area contributed by atoms with E-state index in [9.17, 15) is 0 Å². The summed E-state index contributed by atoms with van der Waals surface area (Å²) in [5.41, 5.74) is 8.65. The quantitative estimate of drug-likeness (QED) is 0.735. The van der Waals surface area contributed by atoms with Gasteiger partial charge in [-0.25, -0.2) is 0 Å². The highest BCUT2D eigenvalue weighted by Crippen LogP contribution is 2.29. The smallest absolute Gasteiger partial charge is 0.0404 e. The van der Waals surface area contributed by atoms with Gasteiger partial charge in [-0.2, -0.15) is 0 Å². The number of fused-ring (bicyclic) bond motifs is 1. The molecule has 0 bridgehead atoms. The second-order valence-corrected chi connectivity index (χ2v) is 4.35. The Bertz CT molecular complexity index is 299. The molecule has 2 nitrogen and oxygen atoms in total. The largest absolute Gasteiger partial charge is 0.324 e. The minimum absolute atomic E-state index is 0.218. The van der Waals surface area contributed by atoms with Crippen LogP contribution in [0.1, 0.15) is 30.0 Å². The van der Waals surface area contributed by atoms with E-state index in [1.807, 2.05) is 12.4 Å². The molecule has 1 aliphatic carbocycles. The summed E-state index contributed by atoms with van der Waals surface area (Å²) >= 11 is 2.34. The molecule has 1 aromatic heterocycles. The lowest BCUT2D eigenvalue weighted by atomic mass is 9.90. The topological polar surface area (TPSA) is 38.9 Å². The van der Waals surface area contributed by atoms with Gasteiger partial charge in [0, 0.05) is 22.0 Å². The van der Waals surface area contributed by atoms with Crippen LogP contribution in [0.25, 0.3) is 0 Å². The second-order valence-electron chi connectivity index (χ2n) is 3.19. The standard InChI is InChI=1S/C9H11IN2/c10-8-5-12-4-7-6(8)2-1-3-9(7)11/h4-5,9H,1-3,11H2/t9-/m1/s1. The zero-order chi connectivity index (χ0) is 8.55. The third-order valence-electron chi connectivity index (χ3n) is 2.38. The van der Waals surface area contributed by atoms with Crippen molar-refractivity contribution in [1.29, 1.82) is 0 Å². The predicted octanol–water partition coefficient (Wildman–Crippen LogP) is 2.02. The van der Waals surface area contributed by atoms with Crippen molar-refractivity contribution in [1.82, 2.24) is 4.98 Å². The molecule has 1 heterocycles. The Morgan fingerprint density at radius 1 is 1.50 bits per heavy atom. The molecule has 1 atom stereocenters. The number of halogens is 1. The predicted molar refractivity (Wildman–Crippen MR) is 56.8 cm³/mol.